The number of carbonyl (C=O) groups is 2. The van der Waals surface area contributed by atoms with Crippen LogP contribution in [0, 0.1) is 0 Å². The molecule has 0 fully saturated rings. The predicted molar refractivity (Wildman–Crippen MR) is 123 cm³/mol. The number of hydrogen-bond donors (Lipinski definition) is 1. The van der Waals surface area contributed by atoms with E-state index in [0.717, 1.165) is 16.3 Å². The lowest BCUT2D eigenvalue weighted by Gasteiger charge is -2.07. The molecule has 0 atom stereocenters. The number of esters is 1. The molecule has 1 N–H and O–H groups in total. The number of hydrazone groups is 1. The summed E-state index contributed by atoms with van der Waals surface area (Å²) in [4.78, 5) is 24.9. The van der Waals surface area contributed by atoms with Crippen molar-refractivity contribution in [1.82, 2.24) is 5.43 Å². The van der Waals surface area contributed by atoms with Gasteiger partial charge in [0, 0.05) is 5.56 Å². The van der Waals surface area contributed by atoms with Crippen LogP contribution >= 0.6 is 0 Å². The Balaban J connectivity index is 1.21. The lowest BCUT2D eigenvalue weighted by Crippen LogP contribution is -2.17. The molecule has 1 aliphatic rings. The molecule has 0 bridgehead atoms. The van der Waals surface area contributed by atoms with Gasteiger partial charge in [0.1, 0.15) is 5.75 Å². The number of nitrogens with one attached hydrogen (secondary N) is 1. The zero-order chi connectivity index (χ0) is 22.6. The van der Waals surface area contributed by atoms with Crippen LogP contribution in [-0.2, 0) is 0 Å². The standard InChI is InChI=1S/C26H18N2O5/c29-25(19-10-13-23-24(14-19)32-16-31-23)28-27-15-17-8-11-20(12-9-17)33-26(30)22-7-3-5-18-4-1-2-6-21(18)22/h1-15H,16H2,(H,28,29)/b27-15+. The summed E-state index contributed by atoms with van der Waals surface area (Å²) in [5, 5.41) is 5.79. The zero-order valence-corrected chi connectivity index (χ0v) is 17.4. The van der Waals surface area contributed by atoms with Crippen LogP contribution in [0.25, 0.3) is 10.8 Å². The summed E-state index contributed by atoms with van der Waals surface area (Å²) >= 11 is 0. The number of rotatable bonds is 5. The second-order valence-corrected chi connectivity index (χ2v) is 7.25. The smallest absolute Gasteiger partial charge is 0.344 e. The highest BCUT2D eigenvalue weighted by Crippen LogP contribution is 2.32. The molecule has 7 heteroatoms. The average Bonchev–Trinajstić information content (AvgIpc) is 3.32. The van der Waals surface area contributed by atoms with Gasteiger partial charge < -0.3 is 14.2 Å². The molecule has 0 radical (unpaired) electrons. The summed E-state index contributed by atoms with van der Waals surface area (Å²) < 4.78 is 16.0. The van der Waals surface area contributed by atoms with Gasteiger partial charge in [-0.25, -0.2) is 10.2 Å². The van der Waals surface area contributed by atoms with Gasteiger partial charge in [0.2, 0.25) is 6.79 Å². The second kappa shape index (κ2) is 8.84. The van der Waals surface area contributed by atoms with Crippen molar-refractivity contribution in [2.45, 2.75) is 0 Å². The largest absolute Gasteiger partial charge is 0.454 e. The van der Waals surface area contributed by atoms with Crippen LogP contribution in [0.4, 0.5) is 0 Å². The van der Waals surface area contributed by atoms with Crippen molar-refractivity contribution in [3.8, 4) is 17.2 Å². The summed E-state index contributed by atoms with van der Waals surface area (Å²) in [5.74, 6) is 0.750. The molecule has 1 heterocycles. The van der Waals surface area contributed by atoms with Crippen molar-refractivity contribution in [2.24, 2.45) is 5.10 Å². The number of amides is 1. The Kier molecular flexibility index (Phi) is 5.43. The minimum absolute atomic E-state index is 0.145. The summed E-state index contributed by atoms with van der Waals surface area (Å²) in [6, 6.07) is 24.9. The molecule has 7 nitrogen and oxygen atoms in total. The molecule has 0 unspecified atom stereocenters. The molecule has 5 rings (SSSR count). The van der Waals surface area contributed by atoms with E-state index in [2.05, 4.69) is 10.5 Å². The lowest BCUT2D eigenvalue weighted by molar-refractivity contribution is 0.0736. The van der Waals surface area contributed by atoms with Gasteiger partial charge >= 0.3 is 5.97 Å². The van der Waals surface area contributed by atoms with Crippen LogP contribution in [0.5, 0.6) is 17.2 Å². The van der Waals surface area contributed by atoms with Crippen LogP contribution in [-0.4, -0.2) is 24.9 Å². The maximum Gasteiger partial charge on any atom is 0.344 e. The topological polar surface area (TPSA) is 86.2 Å². The first-order valence-electron chi connectivity index (χ1n) is 10.2. The van der Waals surface area contributed by atoms with Gasteiger partial charge in [-0.15, -0.1) is 0 Å². The molecular weight excluding hydrogens is 420 g/mol. The number of hydrogen-bond acceptors (Lipinski definition) is 6. The Hall–Kier alpha value is -4.65. The highest BCUT2D eigenvalue weighted by atomic mass is 16.7. The third-order valence-electron chi connectivity index (χ3n) is 5.11. The fourth-order valence-corrected chi connectivity index (χ4v) is 3.46. The van der Waals surface area contributed by atoms with E-state index in [1.165, 1.54) is 6.21 Å². The van der Waals surface area contributed by atoms with Crippen molar-refractivity contribution >= 4 is 28.9 Å². The Morgan fingerprint density at radius 1 is 0.879 bits per heavy atom. The van der Waals surface area contributed by atoms with E-state index in [9.17, 15) is 9.59 Å². The fourth-order valence-electron chi connectivity index (χ4n) is 3.46. The minimum atomic E-state index is -0.427. The maximum absolute atomic E-state index is 12.7. The quantitative estimate of drug-likeness (QED) is 0.214. The van der Waals surface area contributed by atoms with Gasteiger partial charge in [0.15, 0.2) is 11.5 Å². The highest BCUT2D eigenvalue weighted by molar-refractivity contribution is 6.05. The molecule has 0 spiro atoms. The molecule has 0 saturated heterocycles. The van der Waals surface area contributed by atoms with E-state index in [0.29, 0.717) is 28.4 Å². The van der Waals surface area contributed by atoms with E-state index < -0.39 is 5.97 Å². The molecule has 0 aliphatic carbocycles. The summed E-state index contributed by atoms with van der Waals surface area (Å²) in [5.41, 5.74) is 4.11. The molecule has 0 saturated carbocycles. The first-order valence-corrected chi connectivity index (χ1v) is 10.2. The third kappa shape index (κ3) is 4.38. The highest BCUT2D eigenvalue weighted by Gasteiger charge is 2.16. The molecular formula is C26H18N2O5. The second-order valence-electron chi connectivity index (χ2n) is 7.25. The monoisotopic (exact) mass is 438 g/mol. The first-order chi connectivity index (χ1) is 16.2. The molecule has 162 valence electrons. The summed E-state index contributed by atoms with van der Waals surface area (Å²) in [7, 11) is 0. The summed E-state index contributed by atoms with van der Waals surface area (Å²) in [6.07, 6.45) is 1.50. The number of benzene rings is 4. The van der Waals surface area contributed by atoms with Gasteiger partial charge in [-0.2, -0.15) is 5.10 Å². The lowest BCUT2D eigenvalue weighted by atomic mass is 10.0. The normalized spacial score (nSPS) is 12.1. The molecule has 1 amide bonds. The van der Waals surface area contributed by atoms with Crippen molar-refractivity contribution in [2.75, 3.05) is 6.79 Å². The minimum Gasteiger partial charge on any atom is -0.454 e. The van der Waals surface area contributed by atoms with Gasteiger partial charge in [0.05, 0.1) is 11.8 Å². The summed E-state index contributed by atoms with van der Waals surface area (Å²) in [6.45, 7) is 0.145. The van der Waals surface area contributed by atoms with Crippen molar-refractivity contribution < 1.29 is 23.8 Å². The molecule has 1 aliphatic heterocycles. The average molecular weight is 438 g/mol. The Labute approximate surface area is 189 Å². The number of fused-ring (bicyclic) bond motifs is 2. The van der Waals surface area contributed by atoms with E-state index in [4.69, 9.17) is 14.2 Å². The molecule has 0 aromatic heterocycles. The van der Waals surface area contributed by atoms with E-state index in [1.807, 2.05) is 36.4 Å². The van der Waals surface area contributed by atoms with Crippen LogP contribution in [0.2, 0.25) is 0 Å². The van der Waals surface area contributed by atoms with Gasteiger partial charge in [0.25, 0.3) is 5.91 Å². The van der Waals surface area contributed by atoms with Crippen LogP contribution in [0.1, 0.15) is 26.3 Å². The van der Waals surface area contributed by atoms with E-state index in [-0.39, 0.29) is 12.7 Å². The van der Waals surface area contributed by atoms with Crippen molar-refractivity contribution in [1.29, 1.82) is 0 Å². The molecule has 4 aromatic carbocycles. The van der Waals surface area contributed by atoms with Crippen LogP contribution in [0.3, 0.4) is 0 Å². The number of nitrogens with zero attached hydrogens (tertiary/aromatic N) is 1. The van der Waals surface area contributed by atoms with E-state index >= 15 is 0 Å². The van der Waals surface area contributed by atoms with Crippen molar-refractivity contribution in [3.05, 3.63) is 102 Å². The van der Waals surface area contributed by atoms with Crippen molar-refractivity contribution in [3.63, 3.8) is 0 Å². The van der Waals surface area contributed by atoms with Gasteiger partial charge in [-0.3, -0.25) is 4.79 Å². The zero-order valence-electron chi connectivity index (χ0n) is 17.4. The SMILES string of the molecule is O=C(N/N=C/c1ccc(OC(=O)c2cccc3ccccc23)cc1)c1ccc2c(c1)OCO2. The van der Waals surface area contributed by atoms with Crippen LogP contribution in [0.15, 0.2) is 90.0 Å². The number of ether oxygens (including phenoxy) is 3. The van der Waals surface area contributed by atoms with E-state index in [1.54, 1.807) is 48.5 Å². The van der Waals surface area contributed by atoms with Gasteiger partial charge in [-0.05, 0) is 64.9 Å². The Morgan fingerprint density at radius 2 is 1.67 bits per heavy atom. The Morgan fingerprint density at radius 3 is 2.55 bits per heavy atom. The Bertz CT molecular complexity index is 1370. The predicted octanol–water partition coefficient (Wildman–Crippen LogP) is 4.55. The molecule has 33 heavy (non-hydrogen) atoms. The van der Waals surface area contributed by atoms with Gasteiger partial charge in [-0.1, -0.05) is 36.4 Å². The molecule has 4 aromatic rings. The first kappa shape index (κ1) is 20.3. The maximum atomic E-state index is 12.7. The third-order valence-corrected chi connectivity index (χ3v) is 5.11. The fraction of sp³-hybridized carbons (Fsp3) is 0.0385. The number of carbonyl (C=O) groups excluding carboxylic acids is 2. The van der Waals surface area contributed by atoms with Crippen LogP contribution < -0.4 is 19.6 Å².